The van der Waals surface area contributed by atoms with Gasteiger partial charge in [-0.1, -0.05) is 19.4 Å². The molecule has 2 unspecified atom stereocenters. The van der Waals surface area contributed by atoms with Gasteiger partial charge < -0.3 is 81.3 Å². The molecule has 0 aromatic carbocycles. The summed E-state index contributed by atoms with van der Waals surface area (Å²) in [7, 11) is 0. The highest BCUT2D eigenvalue weighted by atomic mass is 16.7. The summed E-state index contributed by atoms with van der Waals surface area (Å²) in [6, 6.07) is -3.63. The summed E-state index contributed by atoms with van der Waals surface area (Å²) >= 11 is 0. The smallest absolute Gasteiger partial charge is 0.181 e. The van der Waals surface area contributed by atoms with E-state index in [1.165, 1.54) is 0 Å². The maximum Gasteiger partial charge on any atom is 0.181 e. The lowest BCUT2D eigenvalue weighted by molar-refractivity contribution is -0.349. The summed E-state index contributed by atoms with van der Waals surface area (Å²) in [6.45, 7) is 0.0124. The predicted octanol–water partition coefficient (Wildman–Crippen LogP) is -5.73. The van der Waals surface area contributed by atoms with E-state index in [-0.39, 0.29) is 0 Å². The van der Waals surface area contributed by atoms with Gasteiger partial charge in [-0.05, 0) is 12.6 Å². The highest BCUT2D eigenvalue weighted by Gasteiger charge is 2.53. The standard InChI is InChI=1S/C23H43N3O13/c1-2-3-4-5-26-14-18(33)20(38-22-13(25)16(31)15(30)9(6-27)36-22)11(8-29)37-23(14)39-19-10(7-28)35-21(34)12(24)17(19)32/h4-5,9-23,26-34H,2-3,6-8,24-25H2,1H3/b5-4+/t9-,10-,11-,12-,13-,14-,15-,16-,17-,18-,19?,20?,21-,22+,23+/m1/s1. The molecule has 3 aliphatic rings. The van der Waals surface area contributed by atoms with Crippen molar-refractivity contribution in [1.82, 2.24) is 5.32 Å². The SMILES string of the molecule is CCC/C=C/N[C@H]1[C@H](OC2[C@@H](CO)O[C@@H](O)[C@H](N)[C@H]2O)O[C@H](CO)C(O[C@@H]2O[C@H](CO)[C@@H](O)[C@H](O)[C@H]2N)[C@@H]1O. The molecule has 3 heterocycles. The molecule has 0 spiro atoms. The van der Waals surface area contributed by atoms with Crippen LogP contribution in [0.25, 0.3) is 0 Å². The Kier molecular flexibility index (Phi) is 12.2. The van der Waals surface area contributed by atoms with Crippen LogP contribution in [0.15, 0.2) is 12.3 Å². The van der Waals surface area contributed by atoms with Crippen LogP contribution in [0.1, 0.15) is 19.8 Å². The van der Waals surface area contributed by atoms with Crippen LogP contribution in [0, 0.1) is 0 Å². The molecule has 0 amide bonds. The summed E-state index contributed by atoms with van der Waals surface area (Å²) < 4.78 is 28.4. The first-order chi connectivity index (χ1) is 18.6. The fourth-order valence-corrected chi connectivity index (χ4v) is 4.76. The van der Waals surface area contributed by atoms with Crippen molar-refractivity contribution in [2.24, 2.45) is 11.5 Å². The van der Waals surface area contributed by atoms with E-state index in [9.17, 15) is 40.9 Å². The van der Waals surface area contributed by atoms with Gasteiger partial charge in [-0.2, -0.15) is 0 Å². The van der Waals surface area contributed by atoms with Crippen molar-refractivity contribution in [1.29, 1.82) is 0 Å². The molecule has 0 radical (unpaired) electrons. The third kappa shape index (κ3) is 7.24. The van der Waals surface area contributed by atoms with Crippen LogP contribution in [-0.4, -0.2) is 153 Å². The van der Waals surface area contributed by atoms with Crippen LogP contribution >= 0.6 is 0 Å². The molecule has 0 bridgehead atoms. The van der Waals surface area contributed by atoms with Crippen LogP contribution in [0.5, 0.6) is 0 Å². The van der Waals surface area contributed by atoms with Gasteiger partial charge in [0.15, 0.2) is 18.9 Å². The zero-order valence-electron chi connectivity index (χ0n) is 21.6. The number of aliphatic hydroxyl groups excluding tert-OH is 8. The van der Waals surface area contributed by atoms with E-state index in [1.54, 1.807) is 12.3 Å². The summed E-state index contributed by atoms with van der Waals surface area (Å²) in [6.07, 6.45) is -11.6. The molecule has 16 nitrogen and oxygen atoms in total. The number of aliphatic hydroxyl groups is 8. The average Bonchev–Trinajstić information content (AvgIpc) is 2.93. The summed E-state index contributed by atoms with van der Waals surface area (Å²) in [5.41, 5.74) is 11.8. The number of hydrogen-bond acceptors (Lipinski definition) is 16. The number of ether oxygens (including phenoxy) is 5. The Bertz CT molecular complexity index is 765. The Morgan fingerprint density at radius 2 is 1.28 bits per heavy atom. The van der Waals surface area contributed by atoms with Gasteiger partial charge in [0.05, 0.1) is 31.9 Å². The van der Waals surface area contributed by atoms with Crippen LogP contribution in [-0.2, 0) is 23.7 Å². The number of rotatable bonds is 11. The zero-order valence-corrected chi connectivity index (χ0v) is 21.6. The Morgan fingerprint density at radius 3 is 1.90 bits per heavy atom. The second kappa shape index (κ2) is 14.7. The number of hydrogen-bond donors (Lipinski definition) is 11. The van der Waals surface area contributed by atoms with Crippen molar-refractivity contribution in [3.63, 3.8) is 0 Å². The molecule has 15 atom stereocenters. The van der Waals surface area contributed by atoms with E-state index in [1.807, 2.05) is 6.92 Å². The summed E-state index contributed by atoms with van der Waals surface area (Å²) in [5.74, 6) is 0. The molecule has 0 aromatic rings. The van der Waals surface area contributed by atoms with E-state index in [0.29, 0.717) is 6.42 Å². The lowest BCUT2D eigenvalue weighted by atomic mass is 9.94. The van der Waals surface area contributed by atoms with Gasteiger partial charge in [-0.25, -0.2) is 0 Å². The van der Waals surface area contributed by atoms with Crippen LogP contribution in [0.2, 0.25) is 0 Å². The summed E-state index contributed by atoms with van der Waals surface area (Å²) in [4.78, 5) is 0. The lowest BCUT2D eigenvalue weighted by Crippen LogP contribution is -2.69. The topological polar surface area (TPSA) is 272 Å². The van der Waals surface area contributed by atoms with Crippen LogP contribution in [0.4, 0.5) is 0 Å². The van der Waals surface area contributed by atoms with E-state index < -0.39 is 112 Å². The molecule has 3 aliphatic heterocycles. The fraction of sp³-hybridized carbons (Fsp3) is 0.913. The Morgan fingerprint density at radius 1 is 0.718 bits per heavy atom. The molecule has 39 heavy (non-hydrogen) atoms. The van der Waals surface area contributed by atoms with Gasteiger partial charge >= 0.3 is 0 Å². The van der Waals surface area contributed by atoms with Crippen molar-refractivity contribution in [3.05, 3.63) is 12.3 Å². The molecule has 16 heteroatoms. The molecule has 13 N–H and O–H groups in total. The fourth-order valence-electron chi connectivity index (χ4n) is 4.76. The minimum atomic E-state index is -1.56. The highest BCUT2D eigenvalue weighted by Crippen LogP contribution is 2.31. The van der Waals surface area contributed by atoms with Gasteiger partial charge in [0.1, 0.15) is 61.0 Å². The first kappa shape index (κ1) is 32.5. The van der Waals surface area contributed by atoms with E-state index in [4.69, 9.17) is 35.2 Å². The van der Waals surface area contributed by atoms with Gasteiger partial charge in [0.25, 0.3) is 0 Å². The van der Waals surface area contributed by atoms with E-state index in [0.717, 1.165) is 6.42 Å². The van der Waals surface area contributed by atoms with Crippen molar-refractivity contribution in [2.45, 2.75) is 112 Å². The van der Waals surface area contributed by atoms with Gasteiger partial charge in [0.2, 0.25) is 0 Å². The Labute approximate surface area is 225 Å². The van der Waals surface area contributed by atoms with Gasteiger partial charge in [-0.3, -0.25) is 0 Å². The largest absolute Gasteiger partial charge is 0.394 e. The number of allylic oxidation sites excluding steroid dienone is 1. The monoisotopic (exact) mass is 569 g/mol. The van der Waals surface area contributed by atoms with Crippen molar-refractivity contribution in [2.75, 3.05) is 19.8 Å². The van der Waals surface area contributed by atoms with E-state index in [2.05, 4.69) is 5.32 Å². The minimum absolute atomic E-state index is 0.637. The molecule has 228 valence electrons. The molecular weight excluding hydrogens is 526 g/mol. The molecule has 0 saturated carbocycles. The van der Waals surface area contributed by atoms with Gasteiger partial charge in [0, 0.05) is 0 Å². The minimum Gasteiger partial charge on any atom is -0.394 e. The molecular formula is C23H43N3O13. The Balaban J connectivity index is 1.84. The second-order valence-electron chi connectivity index (χ2n) is 9.90. The molecule has 3 saturated heterocycles. The molecule has 3 fully saturated rings. The number of nitrogens with two attached hydrogens (primary N) is 2. The molecule has 3 rings (SSSR count). The van der Waals surface area contributed by atoms with E-state index >= 15 is 0 Å². The first-order valence-electron chi connectivity index (χ1n) is 13.0. The highest BCUT2D eigenvalue weighted by molar-refractivity contribution is 5.01. The lowest BCUT2D eigenvalue weighted by Gasteiger charge is -2.49. The van der Waals surface area contributed by atoms with Crippen molar-refractivity contribution < 1.29 is 64.5 Å². The first-order valence-corrected chi connectivity index (χ1v) is 13.0. The average molecular weight is 570 g/mol. The van der Waals surface area contributed by atoms with Crippen molar-refractivity contribution in [3.8, 4) is 0 Å². The third-order valence-electron chi connectivity index (χ3n) is 7.15. The normalized spacial score (nSPS) is 47.4. The maximum absolute atomic E-state index is 11.4. The Hall–Kier alpha value is -1.06. The molecule has 0 aromatic heterocycles. The van der Waals surface area contributed by atoms with Gasteiger partial charge in [-0.15, -0.1) is 0 Å². The zero-order chi connectivity index (χ0) is 28.9. The predicted molar refractivity (Wildman–Crippen MR) is 130 cm³/mol. The van der Waals surface area contributed by atoms with Crippen LogP contribution < -0.4 is 16.8 Å². The van der Waals surface area contributed by atoms with Crippen molar-refractivity contribution >= 4 is 0 Å². The second-order valence-corrected chi connectivity index (χ2v) is 9.90. The molecule has 0 aliphatic carbocycles. The maximum atomic E-state index is 11.4. The number of unbranched alkanes of at least 4 members (excludes halogenated alkanes) is 1. The quantitative estimate of drug-likeness (QED) is 0.111. The number of nitrogens with one attached hydrogen (secondary N) is 1. The third-order valence-corrected chi connectivity index (χ3v) is 7.15. The summed E-state index contributed by atoms with van der Waals surface area (Å²) in [5, 5.41) is 84.5. The van der Waals surface area contributed by atoms with Crippen LogP contribution in [0.3, 0.4) is 0 Å².